The van der Waals surface area contributed by atoms with Crippen LogP contribution in [0.5, 0.6) is 5.75 Å². The van der Waals surface area contributed by atoms with Crippen LogP contribution in [0.4, 0.5) is 0 Å². The Hall–Kier alpha value is -2.42. The van der Waals surface area contributed by atoms with Crippen molar-refractivity contribution in [1.82, 2.24) is 19.8 Å². The van der Waals surface area contributed by atoms with E-state index in [1.54, 1.807) is 25.3 Å². The zero-order valence-corrected chi connectivity index (χ0v) is 19.1. The van der Waals surface area contributed by atoms with Crippen molar-refractivity contribution in [1.29, 1.82) is 0 Å². The zero-order chi connectivity index (χ0) is 22.0. The molecule has 0 unspecified atom stereocenters. The average Bonchev–Trinajstić information content (AvgIpc) is 3.54. The quantitative estimate of drug-likeness (QED) is 0.385. The molecule has 0 bridgehead atoms. The van der Waals surface area contributed by atoms with Gasteiger partial charge < -0.3 is 15.5 Å². The van der Waals surface area contributed by atoms with Crippen molar-refractivity contribution in [2.24, 2.45) is 0 Å². The van der Waals surface area contributed by atoms with E-state index >= 15 is 0 Å². The van der Waals surface area contributed by atoms with Gasteiger partial charge in [0.2, 0.25) is 11.1 Å². The van der Waals surface area contributed by atoms with Crippen molar-refractivity contribution in [2.75, 3.05) is 18.7 Å². The van der Waals surface area contributed by atoms with Crippen molar-refractivity contribution < 1.29 is 9.53 Å². The number of thioether (sulfide) groups is 1. The Morgan fingerprint density at radius 2 is 1.97 bits per heavy atom. The molecule has 1 fully saturated rings. The number of rotatable bonds is 8. The molecule has 162 valence electrons. The lowest BCUT2D eigenvalue weighted by Crippen LogP contribution is -2.34. The number of hydrogen-bond donors (Lipinski definition) is 1. The summed E-state index contributed by atoms with van der Waals surface area (Å²) in [5.41, 5.74) is 1.69. The lowest BCUT2D eigenvalue weighted by atomic mass is 10.2. The normalized spacial score (nSPS) is 13.3. The first-order valence-electron chi connectivity index (χ1n) is 9.67. The van der Waals surface area contributed by atoms with Gasteiger partial charge in [0.25, 0.3) is 0 Å². The Morgan fingerprint density at radius 3 is 2.61 bits per heavy atom. The lowest BCUT2D eigenvalue weighted by molar-refractivity contribution is -0.129. The second kappa shape index (κ2) is 9.38. The summed E-state index contributed by atoms with van der Waals surface area (Å²) in [6.07, 6.45) is 2.05. The highest BCUT2D eigenvalue weighted by molar-refractivity contribution is 7.99. The van der Waals surface area contributed by atoms with E-state index in [4.69, 9.17) is 33.8 Å². The highest BCUT2D eigenvalue weighted by Crippen LogP contribution is 2.32. The minimum absolute atomic E-state index is 0.0393. The number of amides is 1. The van der Waals surface area contributed by atoms with Gasteiger partial charge in [-0.15, -0.1) is 10.2 Å². The number of nitrogen functional groups attached to an aromatic ring is 1. The highest BCUT2D eigenvalue weighted by atomic mass is 35.5. The van der Waals surface area contributed by atoms with Crippen LogP contribution in [-0.4, -0.2) is 44.6 Å². The molecule has 1 amide bonds. The van der Waals surface area contributed by atoms with E-state index in [1.807, 2.05) is 29.2 Å². The molecule has 0 radical (unpaired) electrons. The second-order valence-corrected chi connectivity index (χ2v) is 8.98. The van der Waals surface area contributed by atoms with Crippen LogP contribution < -0.4 is 10.6 Å². The minimum Gasteiger partial charge on any atom is -0.497 e. The van der Waals surface area contributed by atoms with Crippen LogP contribution in [0.3, 0.4) is 0 Å². The molecular weight excluding hydrogens is 457 g/mol. The SMILES string of the molecule is COc1ccc(CN(C(=O)CSc2nnc(-c3ccc(Cl)cc3Cl)n2N)C2CC2)cc1. The number of hydrogen-bond acceptors (Lipinski definition) is 6. The van der Waals surface area contributed by atoms with Gasteiger partial charge in [0.1, 0.15) is 5.75 Å². The van der Waals surface area contributed by atoms with Crippen LogP contribution in [0.1, 0.15) is 18.4 Å². The van der Waals surface area contributed by atoms with Crippen LogP contribution in [0.2, 0.25) is 10.0 Å². The fraction of sp³-hybridized carbons (Fsp3) is 0.286. The third-order valence-electron chi connectivity index (χ3n) is 4.98. The fourth-order valence-corrected chi connectivity index (χ4v) is 4.41. The van der Waals surface area contributed by atoms with Gasteiger partial charge in [-0.05, 0) is 48.7 Å². The molecule has 2 aromatic carbocycles. The number of methoxy groups -OCH3 is 1. The Bertz CT molecular complexity index is 1090. The molecule has 1 aromatic heterocycles. The van der Waals surface area contributed by atoms with E-state index in [2.05, 4.69) is 10.2 Å². The molecular formula is C21H21Cl2N5O2S. The maximum atomic E-state index is 13.0. The van der Waals surface area contributed by atoms with Crippen LogP contribution in [-0.2, 0) is 11.3 Å². The number of aromatic nitrogens is 3. The lowest BCUT2D eigenvalue weighted by Gasteiger charge is -2.22. The summed E-state index contributed by atoms with van der Waals surface area (Å²) in [6, 6.07) is 13.1. The summed E-state index contributed by atoms with van der Waals surface area (Å²) in [4.78, 5) is 14.9. The molecule has 1 aliphatic rings. The van der Waals surface area contributed by atoms with Crippen LogP contribution in [0.25, 0.3) is 11.4 Å². The first kappa shape index (κ1) is 21.8. The predicted molar refractivity (Wildman–Crippen MR) is 123 cm³/mol. The zero-order valence-electron chi connectivity index (χ0n) is 16.8. The third-order valence-corrected chi connectivity index (χ3v) is 6.46. The van der Waals surface area contributed by atoms with E-state index in [0.29, 0.717) is 33.1 Å². The number of ether oxygens (including phenoxy) is 1. The maximum absolute atomic E-state index is 13.0. The molecule has 31 heavy (non-hydrogen) atoms. The Kier molecular flexibility index (Phi) is 6.60. The summed E-state index contributed by atoms with van der Waals surface area (Å²) in [6.45, 7) is 0.564. The molecule has 0 spiro atoms. The minimum atomic E-state index is 0.0393. The first-order valence-corrected chi connectivity index (χ1v) is 11.4. The molecule has 0 aliphatic heterocycles. The van der Waals surface area contributed by atoms with E-state index in [9.17, 15) is 4.79 Å². The number of halogens is 2. The molecule has 1 aliphatic carbocycles. The predicted octanol–water partition coefficient (Wildman–Crippen LogP) is 4.26. The van der Waals surface area contributed by atoms with Crippen LogP contribution in [0.15, 0.2) is 47.6 Å². The number of nitrogens with zero attached hydrogens (tertiary/aromatic N) is 4. The summed E-state index contributed by atoms with van der Waals surface area (Å²) in [7, 11) is 1.63. The Balaban J connectivity index is 1.43. The van der Waals surface area contributed by atoms with Crippen LogP contribution >= 0.6 is 35.0 Å². The number of carbonyl (C=O) groups excluding carboxylic acids is 1. The topological polar surface area (TPSA) is 86.3 Å². The second-order valence-electron chi connectivity index (χ2n) is 7.19. The summed E-state index contributed by atoms with van der Waals surface area (Å²) in [5, 5.41) is 9.65. The smallest absolute Gasteiger partial charge is 0.233 e. The summed E-state index contributed by atoms with van der Waals surface area (Å²) < 4.78 is 6.55. The number of benzene rings is 2. The van der Waals surface area contributed by atoms with E-state index < -0.39 is 0 Å². The van der Waals surface area contributed by atoms with E-state index in [0.717, 1.165) is 24.2 Å². The molecule has 1 heterocycles. The monoisotopic (exact) mass is 477 g/mol. The van der Waals surface area contributed by atoms with Crippen LogP contribution in [0, 0.1) is 0 Å². The van der Waals surface area contributed by atoms with Crippen molar-refractivity contribution in [3.8, 4) is 17.1 Å². The maximum Gasteiger partial charge on any atom is 0.233 e. The van der Waals surface area contributed by atoms with Gasteiger partial charge in [0, 0.05) is 23.2 Å². The van der Waals surface area contributed by atoms with E-state index in [-0.39, 0.29) is 17.7 Å². The van der Waals surface area contributed by atoms with Crippen molar-refractivity contribution in [3.05, 3.63) is 58.1 Å². The van der Waals surface area contributed by atoms with Gasteiger partial charge in [0.15, 0.2) is 5.82 Å². The molecule has 1 saturated carbocycles. The van der Waals surface area contributed by atoms with E-state index in [1.165, 1.54) is 16.4 Å². The molecule has 7 nitrogen and oxygen atoms in total. The van der Waals surface area contributed by atoms with Gasteiger partial charge in [-0.25, -0.2) is 4.68 Å². The Morgan fingerprint density at radius 1 is 1.23 bits per heavy atom. The van der Waals surface area contributed by atoms with Gasteiger partial charge >= 0.3 is 0 Å². The molecule has 2 N–H and O–H groups in total. The standard InChI is InChI=1S/C21H21Cl2N5O2S/c1-30-16-7-2-13(3-8-16)11-27(15-5-6-15)19(29)12-31-21-26-25-20(28(21)24)17-9-4-14(22)10-18(17)23/h2-4,7-10,15H,5-6,11-12,24H2,1H3. The molecule has 3 aromatic rings. The molecule has 10 heteroatoms. The van der Waals surface area contributed by atoms with Gasteiger partial charge in [-0.1, -0.05) is 47.1 Å². The average molecular weight is 478 g/mol. The van der Waals surface area contributed by atoms with Gasteiger partial charge in [-0.2, -0.15) is 0 Å². The van der Waals surface area contributed by atoms with Crippen molar-refractivity contribution in [3.63, 3.8) is 0 Å². The summed E-state index contributed by atoms with van der Waals surface area (Å²) >= 11 is 13.5. The first-order chi connectivity index (χ1) is 15.0. The van der Waals surface area contributed by atoms with Crippen molar-refractivity contribution >= 4 is 40.9 Å². The van der Waals surface area contributed by atoms with Crippen molar-refractivity contribution in [2.45, 2.75) is 30.6 Å². The molecule has 0 atom stereocenters. The van der Waals surface area contributed by atoms with Gasteiger partial charge in [-0.3, -0.25) is 4.79 Å². The third kappa shape index (κ3) is 5.08. The highest BCUT2D eigenvalue weighted by Gasteiger charge is 2.32. The number of nitrogens with two attached hydrogens (primary N) is 1. The fourth-order valence-electron chi connectivity index (χ4n) is 3.17. The summed E-state index contributed by atoms with van der Waals surface area (Å²) in [5.74, 6) is 7.63. The molecule has 0 saturated heterocycles. The Labute approximate surface area is 194 Å². The number of carbonyl (C=O) groups is 1. The largest absolute Gasteiger partial charge is 0.497 e. The van der Waals surface area contributed by atoms with Gasteiger partial charge in [0.05, 0.1) is 17.9 Å². The molecule has 4 rings (SSSR count).